The molecule has 1 saturated heterocycles. The summed E-state index contributed by atoms with van der Waals surface area (Å²) in [5.41, 5.74) is 0.719. The Morgan fingerprint density at radius 2 is 1.93 bits per heavy atom. The van der Waals surface area contributed by atoms with Crippen LogP contribution in [0.4, 0.5) is 5.69 Å². The van der Waals surface area contributed by atoms with Crippen molar-refractivity contribution in [2.75, 3.05) is 38.1 Å². The zero-order valence-electron chi connectivity index (χ0n) is 15.9. The second-order valence-electron chi connectivity index (χ2n) is 7.21. The highest BCUT2D eigenvalue weighted by Crippen LogP contribution is 2.30. The van der Waals surface area contributed by atoms with Crippen LogP contribution >= 0.6 is 12.4 Å². The Morgan fingerprint density at radius 1 is 1.19 bits per heavy atom. The Hall–Kier alpha value is -1.79. The molecule has 0 atom stereocenters. The molecule has 150 valence electrons. The highest BCUT2D eigenvalue weighted by molar-refractivity contribution is 5.94. The molecule has 1 saturated carbocycles. The van der Waals surface area contributed by atoms with E-state index in [1.54, 1.807) is 6.07 Å². The van der Waals surface area contributed by atoms with E-state index in [1.165, 1.54) is 0 Å². The van der Waals surface area contributed by atoms with Gasteiger partial charge < -0.3 is 20.3 Å². The lowest BCUT2D eigenvalue weighted by Gasteiger charge is -2.32. The molecule has 6 nitrogen and oxygen atoms in total. The SMILES string of the molecule is CCNCC1CCN(C(=O)COc2cccc(NC(=O)C3CC3)c2)CC1.Cl. The molecule has 1 aliphatic carbocycles. The van der Waals surface area contributed by atoms with Gasteiger partial charge in [0.15, 0.2) is 6.61 Å². The van der Waals surface area contributed by atoms with Crippen LogP contribution < -0.4 is 15.4 Å². The van der Waals surface area contributed by atoms with Gasteiger partial charge in [0.1, 0.15) is 5.75 Å². The first kappa shape index (κ1) is 21.5. The first-order chi connectivity index (χ1) is 12.7. The molecule has 2 aliphatic rings. The van der Waals surface area contributed by atoms with E-state index in [0.717, 1.165) is 57.5 Å². The standard InChI is InChI=1S/C20H29N3O3.ClH/c1-2-21-13-15-8-10-23(11-9-15)19(24)14-26-18-5-3-4-17(12-18)22-20(25)16-6-7-16;/h3-5,12,15-16,21H,2,6-11,13-14H2,1H3,(H,22,25);1H. The number of nitrogens with zero attached hydrogens (tertiary/aromatic N) is 1. The van der Waals surface area contributed by atoms with E-state index in [9.17, 15) is 9.59 Å². The smallest absolute Gasteiger partial charge is 0.260 e. The first-order valence-corrected chi connectivity index (χ1v) is 9.68. The van der Waals surface area contributed by atoms with Crippen molar-refractivity contribution >= 4 is 29.9 Å². The van der Waals surface area contributed by atoms with Gasteiger partial charge in [-0.1, -0.05) is 13.0 Å². The number of benzene rings is 1. The summed E-state index contributed by atoms with van der Waals surface area (Å²) in [6.45, 7) is 5.79. The number of piperidine rings is 1. The van der Waals surface area contributed by atoms with Crippen molar-refractivity contribution in [3.63, 3.8) is 0 Å². The lowest BCUT2D eigenvalue weighted by Crippen LogP contribution is -2.42. The van der Waals surface area contributed by atoms with E-state index in [0.29, 0.717) is 11.7 Å². The predicted molar refractivity (Wildman–Crippen MR) is 108 cm³/mol. The van der Waals surface area contributed by atoms with E-state index >= 15 is 0 Å². The molecule has 0 aromatic heterocycles. The second kappa shape index (κ2) is 10.5. The van der Waals surface area contributed by atoms with Crippen molar-refractivity contribution in [3.8, 4) is 5.75 Å². The maximum Gasteiger partial charge on any atom is 0.260 e. The molecule has 0 radical (unpaired) electrons. The highest BCUT2D eigenvalue weighted by Gasteiger charge is 2.29. The van der Waals surface area contributed by atoms with Crippen molar-refractivity contribution in [2.24, 2.45) is 11.8 Å². The van der Waals surface area contributed by atoms with E-state index in [2.05, 4.69) is 17.6 Å². The van der Waals surface area contributed by atoms with Crippen LogP contribution in [0.25, 0.3) is 0 Å². The molecule has 1 aliphatic heterocycles. The van der Waals surface area contributed by atoms with Crippen LogP contribution in [0.2, 0.25) is 0 Å². The van der Waals surface area contributed by atoms with Crippen molar-refractivity contribution in [1.82, 2.24) is 10.2 Å². The number of ether oxygens (including phenoxy) is 1. The highest BCUT2D eigenvalue weighted by atomic mass is 35.5. The van der Waals surface area contributed by atoms with Gasteiger partial charge in [-0.3, -0.25) is 9.59 Å². The number of carbonyl (C=O) groups excluding carboxylic acids is 2. The average molecular weight is 396 g/mol. The summed E-state index contributed by atoms with van der Waals surface area (Å²) in [5, 5.41) is 6.28. The van der Waals surface area contributed by atoms with Crippen LogP contribution in [-0.2, 0) is 9.59 Å². The molecule has 3 rings (SSSR count). The van der Waals surface area contributed by atoms with Gasteiger partial charge in [0.05, 0.1) is 0 Å². The lowest BCUT2D eigenvalue weighted by molar-refractivity contribution is -0.134. The van der Waals surface area contributed by atoms with E-state index in [-0.39, 0.29) is 36.7 Å². The third-order valence-corrected chi connectivity index (χ3v) is 5.06. The van der Waals surface area contributed by atoms with Gasteiger partial charge in [-0.05, 0) is 56.8 Å². The number of likely N-dealkylation sites (tertiary alicyclic amines) is 1. The number of hydrogen-bond acceptors (Lipinski definition) is 4. The Bertz CT molecular complexity index is 629. The van der Waals surface area contributed by atoms with Gasteiger partial charge in [0.25, 0.3) is 5.91 Å². The van der Waals surface area contributed by atoms with E-state index < -0.39 is 0 Å². The van der Waals surface area contributed by atoms with Crippen molar-refractivity contribution < 1.29 is 14.3 Å². The van der Waals surface area contributed by atoms with E-state index in [4.69, 9.17) is 4.74 Å². The molecule has 2 fully saturated rings. The fourth-order valence-electron chi connectivity index (χ4n) is 3.22. The molecular weight excluding hydrogens is 366 g/mol. The molecule has 0 bridgehead atoms. The quantitative estimate of drug-likeness (QED) is 0.710. The summed E-state index contributed by atoms with van der Waals surface area (Å²) < 4.78 is 5.66. The first-order valence-electron chi connectivity index (χ1n) is 9.68. The number of amides is 2. The van der Waals surface area contributed by atoms with Crippen molar-refractivity contribution in [1.29, 1.82) is 0 Å². The summed E-state index contributed by atoms with van der Waals surface area (Å²) in [4.78, 5) is 26.1. The second-order valence-corrected chi connectivity index (χ2v) is 7.21. The van der Waals surface area contributed by atoms with Crippen LogP contribution in [0.1, 0.15) is 32.6 Å². The number of carbonyl (C=O) groups is 2. The van der Waals surface area contributed by atoms with Gasteiger partial charge in [-0.15, -0.1) is 12.4 Å². The minimum Gasteiger partial charge on any atom is -0.484 e. The molecule has 7 heteroatoms. The van der Waals surface area contributed by atoms with Crippen molar-refractivity contribution in [3.05, 3.63) is 24.3 Å². The van der Waals surface area contributed by atoms with Gasteiger partial charge in [-0.2, -0.15) is 0 Å². The zero-order valence-corrected chi connectivity index (χ0v) is 16.7. The van der Waals surface area contributed by atoms with Gasteiger partial charge in [0, 0.05) is 30.8 Å². The maximum absolute atomic E-state index is 12.4. The largest absolute Gasteiger partial charge is 0.484 e. The number of anilines is 1. The topological polar surface area (TPSA) is 70.7 Å². The summed E-state index contributed by atoms with van der Waals surface area (Å²) >= 11 is 0. The molecule has 27 heavy (non-hydrogen) atoms. The molecule has 2 N–H and O–H groups in total. The predicted octanol–water partition coefficient (Wildman–Crippen LogP) is 2.68. The molecule has 1 heterocycles. The number of rotatable bonds is 8. The van der Waals surface area contributed by atoms with Crippen LogP contribution in [0.15, 0.2) is 24.3 Å². The van der Waals surface area contributed by atoms with Crippen LogP contribution in [0.3, 0.4) is 0 Å². The molecule has 1 aromatic rings. The van der Waals surface area contributed by atoms with Gasteiger partial charge >= 0.3 is 0 Å². The van der Waals surface area contributed by atoms with Crippen LogP contribution in [0.5, 0.6) is 5.75 Å². The van der Waals surface area contributed by atoms with Gasteiger partial charge in [0.2, 0.25) is 5.91 Å². The Labute approximate surface area is 167 Å². The summed E-state index contributed by atoms with van der Waals surface area (Å²) in [6.07, 6.45) is 4.03. The maximum atomic E-state index is 12.4. The minimum absolute atomic E-state index is 0. The fourth-order valence-corrected chi connectivity index (χ4v) is 3.22. The Balaban J connectivity index is 0.00000261. The lowest BCUT2D eigenvalue weighted by atomic mass is 9.97. The molecule has 0 unspecified atom stereocenters. The van der Waals surface area contributed by atoms with Crippen molar-refractivity contribution in [2.45, 2.75) is 32.6 Å². The minimum atomic E-state index is 0. The summed E-state index contributed by atoms with van der Waals surface area (Å²) in [5.74, 6) is 1.52. The fraction of sp³-hybridized carbons (Fsp3) is 0.600. The molecule has 1 aromatic carbocycles. The summed E-state index contributed by atoms with van der Waals surface area (Å²) in [7, 11) is 0. The average Bonchev–Trinajstić information content (AvgIpc) is 3.50. The Morgan fingerprint density at radius 3 is 2.59 bits per heavy atom. The third kappa shape index (κ3) is 6.70. The van der Waals surface area contributed by atoms with Gasteiger partial charge in [-0.25, -0.2) is 0 Å². The normalized spacial score (nSPS) is 17.1. The number of nitrogens with one attached hydrogen (secondary N) is 2. The Kier molecular flexibility index (Phi) is 8.38. The summed E-state index contributed by atoms with van der Waals surface area (Å²) in [6, 6.07) is 7.25. The molecule has 0 spiro atoms. The van der Waals surface area contributed by atoms with E-state index in [1.807, 2.05) is 23.1 Å². The molecule has 2 amide bonds. The third-order valence-electron chi connectivity index (χ3n) is 5.06. The monoisotopic (exact) mass is 395 g/mol. The van der Waals surface area contributed by atoms with Crippen LogP contribution in [-0.4, -0.2) is 49.5 Å². The number of halogens is 1. The zero-order chi connectivity index (χ0) is 18.4. The van der Waals surface area contributed by atoms with Crippen LogP contribution in [0, 0.1) is 11.8 Å². The number of hydrogen-bond donors (Lipinski definition) is 2. The molecular formula is C20H30ClN3O3.